The van der Waals surface area contributed by atoms with Gasteiger partial charge in [-0.25, -0.2) is 4.79 Å². The van der Waals surface area contributed by atoms with Crippen LogP contribution in [-0.2, 0) is 4.79 Å². The Morgan fingerprint density at radius 1 is 1.36 bits per heavy atom. The molecule has 1 atom stereocenters. The van der Waals surface area contributed by atoms with Crippen molar-refractivity contribution in [3.8, 4) is 0 Å². The maximum absolute atomic E-state index is 12.0. The van der Waals surface area contributed by atoms with Crippen LogP contribution >= 0.6 is 0 Å². The third-order valence-corrected chi connectivity index (χ3v) is 2.08. The van der Waals surface area contributed by atoms with E-state index >= 15 is 0 Å². The molecule has 1 aliphatic rings. The molecule has 1 fully saturated rings. The fourth-order valence-electron chi connectivity index (χ4n) is 1.46. The Morgan fingerprint density at radius 3 is 2.36 bits per heavy atom. The molecule has 1 heterocycles. The van der Waals surface area contributed by atoms with E-state index in [2.05, 4.69) is 0 Å². The van der Waals surface area contributed by atoms with Crippen molar-refractivity contribution in [2.75, 3.05) is 6.54 Å². The van der Waals surface area contributed by atoms with Gasteiger partial charge in [0.15, 0.2) is 0 Å². The predicted molar refractivity (Wildman–Crippen MR) is 38.8 cm³/mol. The van der Waals surface area contributed by atoms with Crippen molar-refractivity contribution < 1.29 is 27.9 Å². The van der Waals surface area contributed by atoms with Gasteiger partial charge < -0.3 is 5.11 Å². The Morgan fingerprint density at radius 2 is 1.93 bits per heavy atom. The van der Waals surface area contributed by atoms with Crippen LogP contribution < -0.4 is 0 Å². The van der Waals surface area contributed by atoms with Crippen LogP contribution in [0.25, 0.3) is 0 Å². The van der Waals surface area contributed by atoms with E-state index in [0.717, 1.165) is 0 Å². The monoisotopic (exact) mass is 211 g/mol. The number of nitrogens with zero attached hydrogens (tertiary/aromatic N) is 1. The number of halogens is 3. The van der Waals surface area contributed by atoms with Gasteiger partial charge in [0.25, 0.3) is 5.78 Å². The van der Waals surface area contributed by atoms with Crippen LogP contribution in [0.15, 0.2) is 0 Å². The topological polar surface area (TPSA) is 57.6 Å². The maximum Gasteiger partial charge on any atom is 0.452 e. The lowest BCUT2D eigenvalue weighted by molar-refractivity contribution is -0.175. The van der Waals surface area contributed by atoms with Crippen molar-refractivity contribution in [3.05, 3.63) is 0 Å². The number of carboxylic acid groups (broad SMARTS) is 1. The number of hydrogen-bond donors (Lipinski definition) is 1. The fraction of sp³-hybridized carbons (Fsp3) is 0.714. The van der Waals surface area contributed by atoms with E-state index in [-0.39, 0.29) is 13.0 Å². The summed E-state index contributed by atoms with van der Waals surface area (Å²) in [7, 11) is 0. The molecule has 0 aromatic rings. The molecule has 0 bridgehead atoms. The molecule has 1 rings (SSSR count). The second-order valence-electron chi connectivity index (χ2n) is 3.00. The molecule has 80 valence electrons. The van der Waals surface area contributed by atoms with Crippen molar-refractivity contribution in [2.24, 2.45) is 0 Å². The second-order valence-corrected chi connectivity index (χ2v) is 3.00. The predicted octanol–water partition coefficient (Wildman–Crippen LogP) is 1.26. The molecule has 0 radical (unpaired) electrons. The van der Waals surface area contributed by atoms with Crippen LogP contribution in [0.3, 0.4) is 0 Å². The highest BCUT2D eigenvalue weighted by Gasteiger charge is 2.48. The van der Waals surface area contributed by atoms with E-state index in [9.17, 15) is 22.8 Å². The van der Waals surface area contributed by atoms with Crippen molar-refractivity contribution in [1.82, 2.24) is 4.90 Å². The minimum atomic E-state index is -4.96. The second kappa shape index (κ2) is 3.47. The van der Waals surface area contributed by atoms with Gasteiger partial charge in [0.2, 0.25) is 0 Å². The van der Waals surface area contributed by atoms with Gasteiger partial charge >= 0.3 is 12.3 Å². The van der Waals surface area contributed by atoms with E-state index in [1.165, 1.54) is 0 Å². The van der Waals surface area contributed by atoms with Crippen LogP contribution in [0.1, 0.15) is 12.8 Å². The molecule has 0 aliphatic carbocycles. The van der Waals surface area contributed by atoms with Crippen molar-refractivity contribution >= 4 is 11.9 Å². The van der Waals surface area contributed by atoms with Crippen LogP contribution in [0.4, 0.5) is 18.0 Å². The third kappa shape index (κ3) is 1.97. The molecule has 1 amide bonds. The molecular weight excluding hydrogens is 203 g/mol. The van der Waals surface area contributed by atoms with Gasteiger partial charge in [0.05, 0.1) is 0 Å². The highest BCUT2D eigenvalue weighted by atomic mass is 19.4. The molecule has 0 spiro atoms. The Labute approximate surface area is 77.3 Å². The number of alkyl halides is 3. The summed E-state index contributed by atoms with van der Waals surface area (Å²) in [5, 5.41) is 8.50. The summed E-state index contributed by atoms with van der Waals surface area (Å²) in [6, 6.07) is -1.55. The summed E-state index contributed by atoms with van der Waals surface area (Å²) in [4.78, 5) is 21.7. The van der Waals surface area contributed by atoms with E-state index in [1.807, 2.05) is 0 Å². The summed E-state index contributed by atoms with van der Waals surface area (Å²) < 4.78 is 35.9. The van der Waals surface area contributed by atoms with Crippen molar-refractivity contribution in [3.63, 3.8) is 0 Å². The van der Waals surface area contributed by atoms with E-state index in [4.69, 9.17) is 5.11 Å². The highest BCUT2D eigenvalue weighted by molar-refractivity contribution is 5.91. The summed E-state index contributed by atoms with van der Waals surface area (Å²) >= 11 is 0. The van der Waals surface area contributed by atoms with Gasteiger partial charge in [0, 0.05) is 6.54 Å². The molecule has 0 saturated carbocycles. The minimum Gasteiger partial charge on any atom is -0.465 e. The first kappa shape index (κ1) is 10.8. The molecule has 0 aromatic heterocycles. The number of hydrogen-bond acceptors (Lipinski definition) is 2. The van der Waals surface area contributed by atoms with E-state index in [0.29, 0.717) is 11.3 Å². The first-order chi connectivity index (χ1) is 6.34. The summed E-state index contributed by atoms with van der Waals surface area (Å²) in [6.07, 6.45) is -6.20. The minimum absolute atomic E-state index is 0.0121. The van der Waals surface area contributed by atoms with Crippen LogP contribution in [0.5, 0.6) is 0 Å². The number of ketones is 1. The lowest BCUT2D eigenvalue weighted by Crippen LogP contribution is -2.45. The SMILES string of the molecule is O=C(O)N1CCCC1C(=O)C(F)(F)F. The van der Waals surface area contributed by atoms with Crippen LogP contribution in [0.2, 0.25) is 0 Å². The zero-order valence-electron chi connectivity index (χ0n) is 7.04. The van der Waals surface area contributed by atoms with Crippen LogP contribution in [0, 0.1) is 0 Å². The largest absolute Gasteiger partial charge is 0.465 e. The van der Waals surface area contributed by atoms with Crippen LogP contribution in [-0.4, -0.2) is 40.6 Å². The first-order valence-corrected chi connectivity index (χ1v) is 3.94. The average molecular weight is 211 g/mol. The molecular formula is C7H8F3NO3. The molecule has 7 heteroatoms. The first-order valence-electron chi connectivity index (χ1n) is 3.94. The number of rotatable bonds is 1. The third-order valence-electron chi connectivity index (χ3n) is 2.08. The fourth-order valence-corrected chi connectivity index (χ4v) is 1.46. The Kier molecular flexibility index (Phi) is 2.68. The molecule has 1 saturated heterocycles. The van der Waals surface area contributed by atoms with Gasteiger partial charge in [-0.1, -0.05) is 0 Å². The zero-order chi connectivity index (χ0) is 10.9. The standard InChI is InChI=1S/C7H8F3NO3/c8-7(9,10)5(12)4-2-1-3-11(4)6(13)14/h4H,1-3H2,(H,13,14). The van der Waals surface area contributed by atoms with Crippen molar-refractivity contribution in [2.45, 2.75) is 25.1 Å². The van der Waals surface area contributed by atoms with Gasteiger partial charge in [0.1, 0.15) is 6.04 Å². The highest BCUT2D eigenvalue weighted by Crippen LogP contribution is 2.26. The molecule has 0 aromatic carbocycles. The summed E-state index contributed by atoms with van der Waals surface area (Å²) in [5.74, 6) is -1.97. The average Bonchev–Trinajstić information content (AvgIpc) is 2.48. The zero-order valence-corrected chi connectivity index (χ0v) is 7.04. The van der Waals surface area contributed by atoms with Gasteiger partial charge in [-0.15, -0.1) is 0 Å². The van der Waals surface area contributed by atoms with E-state index < -0.39 is 24.1 Å². The quantitative estimate of drug-likeness (QED) is 0.710. The van der Waals surface area contributed by atoms with Crippen molar-refractivity contribution in [1.29, 1.82) is 0 Å². The maximum atomic E-state index is 12.0. The molecule has 1 N–H and O–H groups in total. The number of carbonyl (C=O) groups is 2. The molecule has 4 nitrogen and oxygen atoms in total. The normalized spacial score (nSPS) is 22.5. The summed E-state index contributed by atoms with van der Waals surface area (Å²) in [5.41, 5.74) is 0. The Hall–Kier alpha value is -1.27. The van der Waals surface area contributed by atoms with E-state index in [1.54, 1.807) is 0 Å². The summed E-state index contributed by atoms with van der Waals surface area (Å²) in [6.45, 7) is -0.0121. The number of amides is 1. The number of Topliss-reactive ketones (excluding diaryl/α,β-unsaturated/α-hetero) is 1. The number of likely N-dealkylation sites (tertiary alicyclic amines) is 1. The lowest BCUT2D eigenvalue weighted by Gasteiger charge is -2.20. The van der Waals surface area contributed by atoms with Gasteiger partial charge in [-0.2, -0.15) is 13.2 Å². The number of carbonyl (C=O) groups excluding carboxylic acids is 1. The molecule has 14 heavy (non-hydrogen) atoms. The van der Waals surface area contributed by atoms with Gasteiger partial charge in [-0.3, -0.25) is 9.69 Å². The smallest absolute Gasteiger partial charge is 0.452 e. The Balaban J connectivity index is 2.77. The Bertz CT molecular complexity index is 263. The molecule has 1 unspecified atom stereocenters. The van der Waals surface area contributed by atoms with Gasteiger partial charge in [-0.05, 0) is 12.8 Å². The lowest BCUT2D eigenvalue weighted by atomic mass is 10.1. The molecule has 1 aliphatic heterocycles.